The van der Waals surface area contributed by atoms with Crippen LogP contribution in [-0.2, 0) is 16.0 Å². The topological polar surface area (TPSA) is 49.9 Å². The molecule has 1 saturated carbocycles. The van der Waals surface area contributed by atoms with Crippen LogP contribution >= 0.6 is 0 Å². The van der Waals surface area contributed by atoms with Gasteiger partial charge in [-0.25, -0.2) is 4.39 Å². The first-order chi connectivity index (χ1) is 11.6. The van der Waals surface area contributed by atoms with Gasteiger partial charge in [-0.15, -0.1) is 0 Å². The van der Waals surface area contributed by atoms with Crippen LogP contribution in [-0.4, -0.2) is 54.9 Å². The molecular formula is C18H23FN2O3. The number of carbonyl (C=O) groups excluding carboxylic acids is 2. The van der Waals surface area contributed by atoms with Gasteiger partial charge in [-0.3, -0.25) is 9.59 Å². The molecule has 0 aromatic heterocycles. The Balaban J connectivity index is 1.61. The van der Waals surface area contributed by atoms with Gasteiger partial charge in [0.25, 0.3) is 0 Å². The monoisotopic (exact) mass is 334 g/mol. The second-order valence-corrected chi connectivity index (χ2v) is 6.47. The van der Waals surface area contributed by atoms with E-state index in [0.29, 0.717) is 37.5 Å². The minimum atomic E-state index is -0.379. The maximum absolute atomic E-state index is 13.4. The van der Waals surface area contributed by atoms with E-state index in [-0.39, 0.29) is 30.0 Å². The van der Waals surface area contributed by atoms with Gasteiger partial charge in [0.15, 0.2) is 0 Å². The molecule has 1 aliphatic heterocycles. The number of halogens is 1. The summed E-state index contributed by atoms with van der Waals surface area (Å²) in [7, 11) is 1.51. The molecule has 0 radical (unpaired) electrons. The highest BCUT2D eigenvalue weighted by Gasteiger charge is 2.34. The first-order valence-corrected chi connectivity index (χ1v) is 8.47. The van der Waals surface area contributed by atoms with Crippen LogP contribution in [0, 0.1) is 11.7 Å². The highest BCUT2D eigenvalue weighted by molar-refractivity contribution is 5.82. The standard InChI is InChI=1S/C18H23FN2O3/c1-24-16-6-5-15(19)11-14(16)12-17(22)20-7-2-8-21(10-9-20)18(23)13-3-4-13/h5-6,11,13H,2-4,7-10,12H2,1H3. The average molecular weight is 334 g/mol. The van der Waals surface area contributed by atoms with E-state index in [9.17, 15) is 14.0 Å². The quantitative estimate of drug-likeness (QED) is 0.844. The Morgan fingerprint density at radius 1 is 1.17 bits per heavy atom. The van der Waals surface area contributed by atoms with Crippen LogP contribution in [0.2, 0.25) is 0 Å². The maximum atomic E-state index is 13.4. The lowest BCUT2D eigenvalue weighted by atomic mass is 10.1. The summed E-state index contributed by atoms with van der Waals surface area (Å²) >= 11 is 0. The number of carbonyl (C=O) groups is 2. The number of ether oxygens (including phenoxy) is 1. The number of benzene rings is 1. The zero-order chi connectivity index (χ0) is 17.1. The molecule has 2 aliphatic rings. The predicted molar refractivity (Wildman–Crippen MR) is 87.2 cm³/mol. The van der Waals surface area contributed by atoms with Crippen LogP contribution < -0.4 is 4.74 Å². The van der Waals surface area contributed by atoms with E-state index in [1.165, 1.54) is 25.3 Å². The van der Waals surface area contributed by atoms with Crippen molar-refractivity contribution in [1.29, 1.82) is 0 Å². The summed E-state index contributed by atoms with van der Waals surface area (Å²) in [6.07, 6.45) is 2.89. The van der Waals surface area contributed by atoms with Crippen LogP contribution in [0.1, 0.15) is 24.8 Å². The summed E-state index contributed by atoms with van der Waals surface area (Å²) in [5.74, 6) is 0.528. The molecule has 1 heterocycles. The maximum Gasteiger partial charge on any atom is 0.227 e. The van der Waals surface area contributed by atoms with Crippen molar-refractivity contribution >= 4 is 11.8 Å². The van der Waals surface area contributed by atoms with Crippen molar-refractivity contribution in [3.05, 3.63) is 29.6 Å². The van der Waals surface area contributed by atoms with E-state index in [1.54, 1.807) is 4.90 Å². The van der Waals surface area contributed by atoms with Crippen molar-refractivity contribution in [2.75, 3.05) is 33.3 Å². The Hall–Kier alpha value is -2.11. The molecule has 24 heavy (non-hydrogen) atoms. The Labute approximate surface area is 141 Å². The fourth-order valence-corrected chi connectivity index (χ4v) is 3.14. The summed E-state index contributed by atoms with van der Waals surface area (Å²) in [5.41, 5.74) is 0.553. The number of amides is 2. The molecule has 1 aromatic rings. The lowest BCUT2D eigenvalue weighted by molar-refractivity contribution is -0.134. The van der Waals surface area contributed by atoms with E-state index in [2.05, 4.69) is 0 Å². The Morgan fingerprint density at radius 3 is 2.58 bits per heavy atom. The molecule has 2 amide bonds. The summed E-state index contributed by atoms with van der Waals surface area (Å²) in [6.45, 7) is 2.46. The molecule has 5 nitrogen and oxygen atoms in total. The molecule has 2 fully saturated rings. The third-order valence-corrected chi connectivity index (χ3v) is 4.67. The molecule has 0 spiro atoms. The van der Waals surface area contributed by atoms with E-state index in [0.717, 1.165) is 19.3 Å². The van der Waals surface area contributed by atoms with Gasteiger partial charge in [0.1, 0.15) is 11.6 Å². The molecule has 0 atom stereocenters. The van der Waals surface area contributed by atoms with Crippen molar-refractivity contribution in [2.45, 2.75) is 25.7 Å². The van der Waals surface area contributed by atoms with Crippen LogP contribution in [0.15, 0.2) is 18.2 Å². The first-order valence-electron chi connectivity index (χ1n) is 8.47. The zero-order valence-electron chi connectivity index (χ0n) is 14.0. The normalized spacial score (nSPS) is 18.2. The number of hydrogen-bond acceptors (Lipinski definition) is 3. The molecule has 6 heteroatoms. The van der Waals surface area contributed by atoms with Crippen molar-refractivity contribution < 1.29 is 18.7 Å². The highest BCUT2D eigenvalue weighted by atomic mass is 19.1. The predicted octanol–water partition coefficient (Wildman–Crippen LogP) is 1.85. The Morgan fingerprint density at radius 2 is 1.88 bits per heavy atom. The highest BCUT2D eigenvalue weighted by Crippen LogP contribution is 2.31. The first kappa shape index (κ1) is 16.7. The SMILES string of the molecule is COc1ccc(F)cc1CC(=O)N1CCCN(C(=O)C2CC2)CC1. The fourth-order valence-electron chi connectivity index (χ4n) is 3.14. The Bertz CT molecular complexity index is 631. The number of hydrogen-bond donors (Lipinski definition) is 0. The lowest BCUT2D eigenvalue weighted by Gasteiger charge is -2.22. The third kappa shape index (κ3) is 3.86. The average Bonchev–Trinajstić information content (AvgIpc) is 3.41. The van der Waals surface area contributed by atoms with Gasteiger partial charge in [-0.1, -0.05) is 0 Å². The van der Waals surface area contributed by atoms with Crippen molar-refractivity contribution in [3.63, 3.8) is 0 Å². The molecule has 3 rings (SSSR count). The third-order valence-electron chi connectivity index (χ3n) is 4.67. The summed E-state index contributed by atoms with van der Waals surface area (Å²) in [4.78, 5) is 28.4. The lowest BCUT2D eigenvalue weighted by Crippen LogP contribution is -2.38. The molecule has 130 valence electrons. The van der Waals surface area contributed by atoms with Gasteiger partial charge >= 0.3 is 0 Å². The van der Waals surface area contributed by atoms with E-state index >= 15 is 0 Å². The van der Waals surface area contributed by atoms with Crippen molar-refractivity contribution in [1.82, 2.24) is 9.80 Å². The van der Waals surface area contributed by atoms with Gasteiger partial charge in [-0.05, 0) is 37.5 Å². The van der Waals surface area contributed by atoms with Gasteiger partial charge < -0.3 is 14.5 Å². The zero-order valence-corrected chi connectivity index (χ0v) is 14.0. The van der Waals surface area contributed by atoms with Crippen LogP contribution in [0.25, 0.3) is 0 Å². The van der Waals surface area contributed by atoms with Crippen LogP contribution in [0.5, 0.6) is 5.75 Å². The van der Waals surface area contributed by atoms with E-state index < -0.39 is 0 Å². The molecule has 0 N–H and O–H groups in total. The summed E-state index contributed by atoms with van der Waals surface area (Å²) in [5, 5.41) is 0. The van der Waals surface area contributed by atoms with Crippen molar-refractivity contribution in [2.24, 2.45) is 5.92 Å². The summed E-state index contributed by atoms with van der Waals surface area (Å²) < 4.78 is 18.6. The molecule has 1 saturated heterocycles. The summed E-state index contributed by atoms with van der Waals surface area (Å²) in [6, 6.07) is 4.20. The minimum absolute atomic E-state index is 0.0559. The van der Waals surface area contributed by atoms with E-state index in [4.69, 9.17) is 4.74 Å². The molecular weight excluding hydrogens is 311 g/mol. The molecule has 1 aromatic carbocycles. The second-order valence-electron chi connectivity index (χ2n) is 6.47. The molecule has 0 unspecified atom stereocenters. The second kappa shape index (κ2) is 7.20. The molecule has 1 aliphatic carbocycles. The largest absolute Gasteiger partial charge is 0.496 e. The minimum Gasteiger partial charge on any atom is -0.496 e. The van der Waals surface area contributed by atoms with Gasteiger partial charge in [0.2, 0.25) is 11.8 Å². The van der Waals surface area contributed by atoms with E-state index in [1.807, 2.05) is 4.90 Å². The number of nitrogens with zero attached hydrogens (tertiary/aromatic N) is 2. The van der Waals surface area contributed by atoms with Crippen LogP contribution in [0.4, 0.5) is 4.39 Å². The van der Waals surface area contributed by atoms with Gasteiger partial charge in [0, 0.05) is 37.7 Å². The molecule has 0 bridgehead atoms. The number of rotatable bonds is 4. The van der Waals surface area contributed by atoms with Gasteiger partial charge in [-0.2, -0.15) is 0 Å². The van der Waals surface area contributed by atoms with Crippen molar-refractivity contribution in [3.8, 4) is 5.75 Å². The Kier molecular flexibility index (Phi) is 5.02. The smallest absolute Gasteiger partial charge is 0.227 e. The number of methoxy groups -OCH3 is 1. The fraction of sp³-hybridized carbons (Fsp3) is 0.556. The van der Waals surface area contributed by atoms with Crippen LogP contribution in [0.3, 0.4) is 0 Å². The van der Waals surface area contributed by atoms with Gasteiger partial charge in [0.05, 0.1) is 13.5 Å².